The molecule has 3 rings (SSSR count). The first kappa shape index (κ1) is 15.0. The number of benzene rings is 1. The van der Waals surface area contributed by atoms with Gasteiger partial charge in [-0.2, -0.15) is 0 Å². The van der Waals surface area contributed by atoms with Crippen LogP contribution < -0.4 is 5.32 Å². The zero-order chi connectivity index (χ0) is 14.5. The van der Waals surface area contributed by atoms with Crippen molar-refractivity contribution in [1.82, 2.24) is 10.2 Å². The number of hydrogen-bond acceptors (Lipinski definition) is 3. The fourth-order valence-corrected chi connectivity index (χ4v) is 3.42. The lowest BCUT2D eigenvalue weighted by atomic mass is 10.0. The van der Waals surface area contributed by atoms with Gasteiger partial charge in [-0.15, -0.1) is 0 Å². The summed E-state index contributed by atoms with van der Waals surface area (Å²) in [6, 6.07) is 11.4. The predicted molar refractivity (Wildman–Crippen MR) is 86.4 cm³/mol. The molecule has 1 saturated carbocycles. The summed E-state index contributed by atoms with van der Waals surface area (Å²) < 4.78 is 0. The van der Waals surface area contributed by atoms with E-state index in [-0.39, 0.29) is 0 Å². The maximum atomic E-state index is 9.12. The molecule has 0 amide bonds. The molecule has 21 heavy (non-hydrogen) atoms. The van der Waals surface area contributed by atoms with E-state index < -0.39 is 0 Å². The van der Waals surface area contributed by atoms with Crippen molar-refractivity contribution in [3.05, 3.63) is 35.9 Å². The molecule has 3 nitrogen and oxygen atoms in total. The maximum absolute atomic E-state index is 9.12. The Balaban J connectivity index is 1.36. The third-order valence-corrected chi connectivity index (χ3v) is 5.20. The summed E-state index contributed by atoms with van der Waals surface area (Å²) in [5.74, 6) is 0. The smallest absolute Gasteiger partial charge is 0.0436 e. The van der Waals surface area contributed by atoms with Gasteiger partial charge < -0.3 is 15.3 Å². The van der Waals surface area contributed by atoms with Gasteiger partial charge in [0.05, 0.1) is 0 Å². The Bertz CT molecular complexity index is 430. The Labute approximate surface area is 128 Å². The van der Waals surface area contributed by atoms with Gasteiger partial charge in [-0.3, -0.25) is 0 Å². The zero-order valence-corrected chi connectivity index (χ0v) is 12.9. The van der Waals surface area contributed by atoms with Crippen molar-refractivity contribution in [2.75, 3.05) is 32.8 Å². The van der Waals surface area contributed by atoms with Crippen molar-refractivity contribution in [3.63, 3.8) is 0 Å². The molecule has 1 aliphatic heterocycles. The van der Waals surface area contributed by atoms with E-state index in [0.29, 0.717) is 18.1 Å². The summed E-state index contributed by atoms with van der Waals surface area (Å²) in [6.07, 6.45) is 5.99. The number of rotatable bonds is 8. The number of nitrogens with zero attached hydrogens (tertiary/aromatic N) is 1. The molecule has 2 aliphatic rings. The Morgan fingerprint density at radius 2 is 2.05 bits per heavy atom. The quantitative estimate of drug-likeness (QED) is 0.768. The highest BCUT2D eigenvalue weighted by atomic mass is 16.3. The fourth-order valence-electron chi connectivity index (χ4n) is 3.42. The number of nitrogens with one attached hydrogen (secondary N) is 1. The third-order valence-electron chi connectivity index (χ3n) is 5.20. The second kappa shape index (κ2) is 6.91. The molecule has 1 saturated heterocycles. The van der Waals surface area contributed by atoms with Crippen LogP contribution in [0.25, 0.3) is 0 Å². The van der Waals surface area contributed by atoms with Gasteiger partial charge in [-0.25, -0.2) is 0 Å². The summed E-state index contributed by atoms with van der Waals surface area (Å²) in [5.41, 5.74) is 1.88. The second-order valence-electron chi connectivity index (χ2n) is 6.88. The van der Waals surface area contributed by atoms with Crippen LogP contribution in [-0.2, 0) is 6.42 Å². The monoisotopic (exact) mass is 288 g/mol. The molecule has 1 aliphatic carbocycles. The highest BCUT2D eigenvalue weighted by molar-refractivity contribution is 5.14. The Morgan fingerprint density at radius 1 is 1.24 bits per heavy atom. The molecule has 1 heterocycles. The maximum Gasteiger partial charge on any atom is 0.0436 e. The highest BCUT2D eigenvalue weighted by Gasteiger charge is 2.42. The third kappa shape index (κ3) is 4.29. The summed E-state index contributed by atoms with van der Waals surface area (Å²) in [4.78, 5) is 2.58. The summed E-state index contributed by atoms with van der Waals surface area (Å²) in [7, 11) is 0. The van der Waals surface area contributed by atoms with Crippen LogP contribution in [0.15, 0.2) is 30.3 Å². The SMILES string of the molecule is OCCC1(CNC2CCN(CCc3ccccc3)C2)CC1. The molecule has 1 aromatic carbocycles. The number of aliphatic hydroxyl groups excluding tert-OH is 1. The van der Waals surface area contributed by atoms with E-state index in [1.165, 1.54) is 44.5 Å². The van der Waals surface area contributed by atoms with E-state index in [2.05, 4.69) is 40.5 Å². The van der Waals surface area contributed by atoms with Gasteiger partial charge in [0.15, 0.2) is 0 Å². The number of hydrogen-bond donors (Lipinski definition) is 2. The molecule has 2 N–H and O–H groups in total. The van der Waals surface area contributed by atoms with Crippen LogP contribution >= 0.6 is 0 Å². The van der Waals surface area contributed by atoms with Crippen LogP contribution in [0.4, 0.5) is 0 Å². The van der Waals surface area contributed by atoms with Gasteiger partial charge in [0.1, 0.15) is 0 Å². The molecule has 0 aromatic heterocycles. The van der Waals surface area contributed by atoms with Crippen LogP contribution in [-0.4, -0.2) is 48.8 Å². The molecule has 1 aromatic rings. The molecule has 2 fully saturated rings. The molecular weight excluding hydrogens is 260 g/mol. The molecule has 3 heteroatoms. The minimum Gasteiger partial charge on any atom is -0.396 e. The number of aliphatic hydroxyl groups is 1. The molecule has 116 valence electrons. The average molecular weight is 288 g/mol. The van der Waals surface area contributed by atoms with Crippen LogP contribution in [0, 0.1) is 5.41 Å². The Kier molecular flexibility index (Phi) is 4.94. The first-order valence-corrected chi connectivity index (χ1v) is 8.40. The Hall–Kier alpha value is -0.900. The van der Waals surface area contributed by atoms with Crippen LogP contribution in [0.2, 0.25) is 0 Å². The minimum atomic E-state index is 0.343. The van der Waals surface area contributed by atoms with E-state index in [1.807, 2.05) is 0 Å². The topological polar surface area (TPSA) is 35.5 Å². The van der Waals surface area contributed by atoms with Crippen molar-refractivity contribution in [1.29, 1.82) is 0 Å². The van der Waals surface area contributed by atoms with Crippen LogP contribution in [0.5, 0.6) is 0 Å². The van der Waals surface area contributed by atoms with E-state index in [9.17, 15) is 0 Å². The highest BCUT2D eigenvalue weighted by Crippen LogP contribution is 2.48. The molecule has 1 unspecified atom stereocenters. The predicted octanol–water partition coefficient (Wildman–Crippen LogP) is 2.06. The molecule has 0 bridgehead atoms. The molecule has 0 spiro atoms. The Morgan fingerprint density at radius 3 is 2.76 bits per heavy atom. The standard InChI is InChI=1S/C18H28N2O/c21-13-10-18(8-9-18)15-19-17-7-12-20(14-17)11-6-16-4-2-1-3-5-16/h1-5,17,19,21H,6-15H2. The summed E-state index contributed by atoms with van der Waals surface area (Å²) in [5, 5.41) is 12.9. The summed E-state index contributed by atoms with van der Waals surface area (Å²) >= 11 is 0. The van der Waals surface area contributed by atoms with Gasteiger partial charge in [0.2, 0.25) is 0 Å². The van der Waals surface area contributed by atoms with Gasteiger partial charge in [0, 0.05) is 32.3 Å². The lowest BCUT2D eigenvalue weighted by molar-refractivity contribution is 0.241. The normalized spacial score (nSPS) is 24.3. The van der Waals surface area contributed by atoms with Crippen LogP contribution in [0.3, 0.4) is 0 Å². The summed E-state index contributed by atoms with van der Waals surface area (Å²) in [6.45, 7) is 5.02. The lowest BCUT2D eigenvalue weighted by Gasteiger charge is -2.20. The van der Waals surface area contributed by atoms with Crippen molar-refractivity contribution in [2.24, 2.45) is 5.41 Å². The fraction of sp³-hybridized carbons (Fsp3) is 0.667. The van der Waals surface area contributed by atoms with Gasteiger partial charge in [-0.05, 0) is 49.6 Å². The molecule has 0 radical (unpaired) electrons. The van der Waals surface area contributed by atoms with Crippen molar-refractivity contribution < 1.29 is 5.11 Å². The van der Waals surface area contributed by atoms with E-state index >= 15 is 0 Å². The number of likely N-dealkylation sites (tertiary alicyclic amines) is 1. The zero-order valence-electron chi connectivity index (χ0n) is 12.9. The second-order valence-corrected chi connectivity index (χ2v) is 6.88. The van der Waals surface area contributed by atoms with Gasteiger partial charge in [-0.1, -0.05) is 30.3 Å². The van der Waals surface area contributed by atoms with E-state index in [0.717, 1.165) is 19.4 Å². The first-order valence-electron chi connectivity index (χ1n) is 8.40. The van der Waals surface area contributed by atoms with E-state index in [4.69, 9.17) is 5.11 Å². The molecule has 1 atom stereocenters. The minimum absolute atomic E-state index is 0.343. The first-order chi connectivity index (χ1) is 10.3. The van der Waals surface area contributed by atoms with Gasteiger partial charge >= 0.3 is 0 Å². The molecular formula is C18H28N2O. The average Bonchev–Trinajstić information content (AvgIpc) is 3.13. The largest absolute Gasteiger partial charge is 0.396 e. The lowest BCUT2D eigenvalue weighted by Crippen LogP contribution is -2.37. The van der Waals surface area contributed by atoms with Crippen molar-refractivity contribution >= 4 is 0 Å². The van der Waals surface area contributed by atoms with Crippen molar-refractivity contribution in [2.45, 2.75) is 38.1 Å². The van der Waals surface area contributed by atoms with Crippen LogP contribution in [0.1, 0.15) is 31.2 Å². The van der Waals surface area contributed by atoms with E-state index in [1.54, 1.807) is 0 Å². The van der Waals surface area contributed by atoms with Gasteiger partial charge in [0.25, 0.3) is 0 Å². The van der Waals surface area contributed by atoms with Crippen molar-refractivity contribution in [3.8, 4) is 0 Å².